The van der Waals surface area contributed by atoms with E-state index < -0.39 is 12.2 Å². The van der Waals surface area contributed by atoms with Gasteiger partial charge in [-0.15, -0.1) is 0 Å². The van der Waals surface area contributed by atoms with Gasteiger partial charge >= 0.3 is 0 Å². The van der Waals surface area contributed by atoms with E-state index in [0.29, 0.717) is 13.1 Å². The smallest absolute Gasteiger partial charge is 0.249 e. The minimum atomic E-state index is -0.476. The standard InChI is InChI=1S/C13H26N2O3/c1-3-9(4-2)11(16)8-15-13(17)12-6-5-10(7-14)18-12/h9-12,16H,3-8,14H2,1-2H3,(H,15,17). The molecule has 0 aromatic heterocycles. The minimum absolute atomic E-state index is 0.00436. The first-order valence-electron chi connectivity index (χ1n) is 6.93. The number of hydrogen-bond donors (Lipinski definition) is 3. The zero-order valence-electron chi connectivity index (χ0n) is 11.4. The van der Waals surface area contributed by atoms with E-state index in [1.54, 1.807) is 0 Å². The highest BCUT2D eigenvalue weighted by atomic mass is 16.5. The zero-order chi connectivity index (χ0) is 13.5. The molecule has 3 atom stereocenters. The minimum Gasteiger partial charge on any atom is -0.391 e. The zero-order valence-corrected chi connectivity index (χ0v) is 11.4. The van der Waals surface area contributed by atoms with Crippen LogP contribution in [0.2, 0.25) is 0 Å². The third-order valence-corrected chi connectivity index (χ3v) is 3.74. The molecule has 0 saturated carbocycles. The lowest BCUT2D eigenvalue weighted by Crippen LogP contribution is -2.41. The highest BCUT2D eigenvalue weighted by molar-refractivity contribution is 5.81. The van der Waals surface area contributed by atoms with Crippen LogP contribution in [0, 0.1) is 5.92 Å². The van der Waals surface area contributed by atoms with E-state index in [1.807, 2.05) is 13.8 Å². The Labute approximate surface area is 109 Å². The van der Waals surface area contributed by atoms with Crippen molar-refractivity contribution < 1.29 is 14.6 Å². The number of carbonyl (C=O) groups is 1. The predicted molar refractivity (Wildman–Crippen MR) is 70.0 cm³/mol. The van der Waals surface area contributed by atoms with E-state index in [2.05, 4.69) is 5.32 Å². The van der Waals surface area contributed by atoms with Crippen LogP contribution in [0.3, 0.4) is 0 Å². The van der Waals surface area contributed by atoms with Crippen LogP contribution in [-0.2, 0) is 9.53 Å². The molecule has 0 aromatic rings. The molecular weight excluding hydrogens is 232 g/mol. The first-order chi connectivity index (χ1) is 8.62. The van der Waals surface area contributed by atoms with Gasteiger partial charge in [0.1, 0.15) is 6.10 Å². The Bertz CT molecular complexity index is 257. The third-order valence-electron chi connectivity index (χ3n) is 3.74. The highest BCUT2D eigenvalue weighted by Gasteiger charge is 2.30. The number of aliphatic hydroxyl groups is 1. The van der Waals surface area contributed by atoms with Gasteiger partial charge in [-0.3, -0.25) is 4.79 Å². The Balaban J connectivity index is 2.29. The fraction of sp³-hybridized carbons (Fsp3) is 0.923. The second-order valence-electron chi connectivity index (χ2n) is 4.95. The molecule has 18 heavy (non-hydrogen) atoms. The molecule has 1 aliphatic rings. The topological polar surface area (TPSA) is 84.6 Å². The average molecular weight is 258 g/mol. The molecule has 1 rings (SSSR count). The molecule has 0 aliphatic carbocycles. The van der Waals surface area contributed by atoms with Crippen molar-refractivity contribution in [1.29, 1.82) is 0 Å². The maximum atomic E-state index is 11.8. The molecule has 3 unspecified atom stereocenters. The van der Waals surface area contributed by atoms with Gasteiger partial charge in [0.05, 0.1) is 12.2 Å². The van der Waals surface area contributed by atoms with Crippen molar-refractivity contribution in [1.82, 2.24) is 5.32 Å². The summed E-state index contributed by atoms with van der Waals surface area (Å²) >= 11 is 0. The summed E-state index contributed by atoms with van der Waals surface area (Å²) in [4.78, 5) is 11.8. The lowest BCUT2D eigenvalue weighted by molar-refractivity contribution is -0.132. The highest BCUT2D eigenvalue weighted by Crippen LogP contribution is 2.19. The summed E-state index contributed by atoms with van der Waals surface area (Å²) in [7, 11) is 0. The van der Waals surface area contributed by atoms with E-state index in [0.717, 1.165) is 25.7 Å². The quantitative estimate of drug-likeness (QED) is 0.617. The van der Waals surface area contributed by atoms with Gasteiger partial charge in [-0.05, 0) is 18.8 Å². The van der Waals surface area contributed by atoms with E-state index in [1.165, 1.54) is 0 Å². The van der Waals surface area contributed by atoms with Gasteiger partial charge in [0.2, 0.25) is 5.91 Å². The van der Waals surface area contributed by atoms with Gasteiger partial charge in [0.15, 0.2) is 0 Å². The summed E-state index contributed by atoms with van der Waals surface area (Å²) in [6, 6.07) is 0. The van der Waals surface area contributed by atoms with Crippen LogP contribution in [-0.4, -0.2) is 42.4 Å². The SMILES string of the molecule is CCC(CC)C(O)CNC(=O)C1CCC(CN)O1. The van der Waals surface area contributed by atoms with Crippen molar-refractivity contribution in [2.45, 2.75) is 57.8 Å². The predicted octanol–water partition coefficient (Wildman–Crippen LogP) is 0.406. The molecule has 0 radical (unpaired) electrons. The fourth-order valence-electron chi connectivity index (χ4n) is 2.39. The number of amides is 1. The molecule has 0 spiro atoms. The van der Waals surface area contributed by atoms with Crippen molar-refractivity contribution in [3.63, 3.8) is 0 Å². The molecule has 4 N–H and O–H groups in total. The Morgan fingerprint density at radius 3 is 2.61 bits per heavy atom. The van der Waals surface area contributed by atoms with Gasteiger partial charge < -0.3 is 20.9 Å². The van der Waals surface area contributed by atoms with Crippen LogP contribution in [0.15, 0.2) is 0 Å². The molecule has 1 fully saturated rings. The van der Waals surface area contributed by atoms with Crippen molar-refractivity contribution in [2.24, 2.45) is 11.7 Å². The molecule has 1 amide bonds. The first-order valence-corrected chi connectivity index (χ1v) is 6.93. The van der Waals surface area contributed by atoms with Gasteiger partial charge in [0.25, 0.3) is 0 Å². The Kier molecular flexibility index (Phi) is 6.60. The number of carbonyl (C=O) groups excluding carboxylic acids is 1. The fourth-order valence-corrected chi connectivity index (χ4v) is 2.39. The monoisotopic (exact) mass is 258 g/mol. The van der Waals surface area contributed by atoms with Crippen LogP contribution in [0.1, 0.15) is 39.5 Å². The van der Waals surface area contributed by atoms with E-state index in [-0.39, 0.29) is 17.9 Å². The van der Waals surface area contributed by atoms with Crippen molar-refractivity contribution in [3.8, 4) is 0 Å². The summed E-state index contributed by atoms with van der Waals surface area (Å²) in [5, 5.41) is 12.7. The first kappa shape index (κ1) is 15.4. The summed E-state index contributed by atoms with van der Waals surface area (Å²) in [6.45, 7) is 4.86. The summed E-state index contributed by atoms with van der Waals surface area (Å²) in [6.07, 6.45) is 2.52. The number of aliphatic hydroxyl groups excluding tert-OH is 1. The lowest BCUT2D eigenvalue weighted by atomic mass is 9.96. The van der Waals surface area contributed by atoms with Crippen LogP contribution in [0.5, 0.6) is 0 Å². The van der Waals surface area contributed by atoms with E-state index in [9.17, 15) is 9.90 Å². The van der Waals surface area contributed by atoms with Gasteiger partial charge in [-0.25, -0.2) is 0 Å². The largest absolute Gasteiger partial charge is 0.391 e. The number of hydrogen-bond acceptors (Lipinski definition) is 4. The van der Waals surface area contributed by atoms with Gasteiger partial charge in [0, 0.05) is 13.1 Å². The summed E-state index contributed by atoms with van der Waals surface area (Å²) in [5.41, 5.74) is 5.50. The number of nitrogens with two attached hydrogens (primary N) is 1. The van der Waals surface area contributed by atoms with Crippen molar-refractivity contribution in [2.75, 3.05) is 13.1 Å². The molecule has 0 bridgehead atoms. The molecule has 5 nitrogen and oxygen atoms in total. The Morgan fingerprint density at radius 1 is 1.44 bits per heavy atom. The molecule has 1 heterocycles. The Hall–Kier alpha value is -0.650. The van der Waals surface area contributed by atoms with Gasteiger partial charge in [-0.2, -0.15) is 0 Å². The van der Waals surface area contributed by atoms with E-state index in [4.69, 9.17) is 10.5 Å². The van der Waals surface area contributed by atoms with Crippen LogP contribution < -0.4 is 11.1 Å². The van der Waals surface area contributed by atoms with Crippen molar-refractivity contribution >= 4 is 5.91 Å². The lowest BCUT2D eigenvalue weighted by Gasteiger charge is -2.21. The second kappa shape index (κ2) is 7.71. The number of nitrogens with one attached hydrogen (secondary N) is 1. The molecule has 1 saturated heterocycles. The third kappa shape index (κ3) is 4.23. The number of ether oxygens (including phenoxy) is 1. The normalized spacial score (nSPS) is 25.4. The van der Waals surface area contributed by atoms with E-state index >= 15 is 0 Å². The number of rotatable bonds is 7. The summed E-state index contributed by atoms with van der Waals surface area (Å²) < 4.78 is 5.50. The summed E-state index contributed by atoms with van der Waals surface area (Å²) in [5.74, 6) is 0.113. The second-order valence-corrected chi connectivity index (χ2v) is 4.95. The average Bonchev–Trinajstić information content (AvgIpc) is 2.86. The molecule has 5 heteroatoms. The van der Waals surface area contributed by atoms with Crippen LogP contribution in [0.25, 0.3) is 0 Å². The van der Waals surface area contributed by atoms with Crippen LogP contribution >= 0.6 is 0 Å². The Morgan fingerprint density at radius 2 is 2.11 bits per heavy atom. The molecule has 106 valence electrons. The molecule has 0 aromatic carbocycles. The molecule has 1 aliphatic heterocycles. The maximum absolute atomic E-state index is 11.8. The van der Waals surface area contributed by atoms with Crippen LogP contribution in [0.4, 0.5) is 0 Å². The van der Waals surface area contributed by atoms with Crippen molar-refractivity contribution in [3.05, 3.63) is 0 Å². The van der Waals surface area contributed by atoms with Gasteiger partial charge in [-0.1, -0.05) is 26.7 Å². The maximum Gasteiger partial charge on any atom is 0.249 e. The molecular formula is C13H26N2O3.